The van der Waals surface area contributed by atoms with Crippen LogP contribution < -0.4 is 14.8 Å². The lowest BCUT2D eigenvalue weighted by Gasteiger charge is -2.36. The summed E-state index contributed by atoms with van der Waals surface area (Å²) in [7, 11) is -0.372. The van der Waals surface area contributed by atoms with Gasteiger partial charge in [-0.15, -0.1) is 0 Å². The van der Waals surface area contributed by atoms with E-state index >= 15 is 0 Å². The molecule has 5 atom stereocenters. The minimum atomic E-state index is -2.06. The van der Waals surface area contributed by atoms with Gasteiger partial charge in [0.1, 0.15) is 5.75 Å². The maximum Gasteiger partial charge on any atom is 0.226 e. The monoisotopic (exact) mass is 592 g/mol. The van der Waals surface area contributed by atoms with Crippen molar-refractivity contribution < 1.29 is 24.2 Å². The van der Waals surface area contributed by atoms with Crippen molar-refractivity contribution in [3.8, 4) is 5.75 Å². The highest BCUT2D eigenvalue weighted by molar-refractivity contribution is 6.91. The van der Waals surface area contributed by atoms with E-state index in [2.05, 4.69) is 56.4 Å². The normalized spacial score (nSPS) is 26.6. The Labute approximate surface area is 252 Å². The number of aliphatic hydroxyl groups excluding tert-OH is 1. The van der Waals surface area contributed by atoms with Gasteiger partial charge in [0.25, 0.3) is 0 Å². The van der Waals surface area contributed by atoms with Crippen molar-refractivity contribution in [1.29, 1.82) is 0 Å². The van der Waals surface area contributed by atoms with Crippen LogP contribution in [0.4, 0.5) is 5.69 Å². The lowest BCUT2D eigenvalue weighted by Crippen LogP contribution is -2.51. The molecule has 1 N–H and O–H groups in total. The molecule has 42 heavy (non-hydrogen) atoms. The number of piperidine rings is 1. The van der Waals surface area contributed by atoms with Gasteiger partial charge in [0.2, 0.25) is 11.8 Å². The number of hydrogen-bond donors (Lipinski definition) is 1. The van der Waals surface area contributed by atoms with Crippen LogP contribution in [0.2, 0.25) is 18.6 Å². The minimum absolute atomic E-state index is 0.0243. The van der Waals surface area contributed by atoms with Gasteiger partial charge in [-0.3, -0.25) is 9.59 Å². The Kier molecular flexibility index (Phi) is 9.75. The Morgan fingerprint density at radius 2 is 1.76 bits per heavy atom. The molecule has 228 valence electrons. The summed E-state index contributed by atoms with van der Waals surface area (Å²) >= 11 is 0. The second-order valence-corrected chi connectivity index (χ2v) is 17.7. The fourth-order valence-corrected chi connectivity index (χ4v) is 11.8. The number of anilines is 1. The molecule has 2 aromatic carbocycles. The first-order valence-electron chi connectivity index (χ1n) is 15.8. The summed E-state index contributed by atoms with van der Waals surface area (Å²) in [6, 6.07) is 16.9. The highest BCUT2D eigenvalue weighted by Crippen LogP contribution is 2.46. The van der Waals surface area contributed by atoms with Gasteiger partial charge in [0.15, 0.2) is 0 Å². The zero-order valence-corrected chi connectivity index (χ0v) is 26.8. The Morgan fingerprint density at radius 3 is 2.43 bits per heavy atom. The van der Waals surface area contributed by atoms with Crippen molar-refractivity contribution in [2.45, 2.75) is 95.2 Å². The fraction of sp³-hybridized carbons (Fsp3) is 0.588. The molecule has 2 aromatic rings. The van der Waals surface area contributed by atoms with Crippen molar-refractivity contribution in [3.63, 3.8) is 0 Å². The maximum absolute atomic E-state index is 13.5. The van der Waals surface area contributed by atoms with E-state index in [9.17, 15) is 14.7 Å². The topological polar surface area (TPSA) is 79.3 Å². The van der Waals surface area contributed by atoms with Gasteiger partial charge < -0.3 is 24.4 Å². The van der Waals surface area contributed by atoms with Crippen LogP contribution in [0.1, 0.15) is 57.4 Å². The van der Waals surface area contributed by atoms with Crippen LogP contribution >= 0.6 is 0 Å². The van der Waals surface area contributed by atoms with Crippen LogP contribution in [0.25, 0.3) is 0 Å². The van der Waals surface area contributed by atoms with Crippen molar-refractivity contribution in [2.75, 3.05) is 31.7 Å². The molecule has 0 saturated carbocycles. The largest absolute Gasteiger partial charge is 0.497 e. The third-order valence-electron chi connectivity index (χ3n) is 10.1. The average molecular weight is 593 g/mol. The molecule has 0 aliphatic carbocycles. The number of likely N-dealkylation sites (tertiary alicyclic amines) is 1. The van der Waals surface area contributed by atoms with Gasteiger partial charge in [-0.1, -0.05) is 49.5 Å². The first-order chi connectivity index (χ1) is 20.2. The first-order valence-corrected chi connectivity index (χ1v) is 18.9. The van der Waals surface area contributed by atoms with E-state index in [1.165, 1.54) is 10.8 Å². The van der Waals surface area contributed by atoms with Gasteiger partial charge in [0.05, 0.1) is 46.5 Å². The van der Waals surface area contributed by atoms with Crippen LogP contribution in [0, 0.1) is 5.92 Å². The number of aliphatic hydroxyl groups is 1. The predicted octanol–water partition coefficient (Wildman–Crippen LogP) is 4.91. The second kappa shape index (κ2) is 13.3. The number of benzene rings is 2. The van der Waals surface area contributed by atoms with E-state index in [0.29, 0.717) is 18.8 Å². The number of nitrogens with zero attached hydrogens (tertiary/aromatic N) is 2. The van der Waals surface area contributed by atoms with Gasteiger partial charge in [-0.05, 0) is 79.8 Å². The smallest absolute Gasteiger partial charge is 0.226 e. The Balaban J connectivity index is 1.31. The Bertz CT molecular complexity index is 1220. The second-order valence-electron chi connectivity index (χ2n) is 13.0. The fourth-order valence-electron chi connectivity index (χ4n) is 7.72. The molecular weight excluding hydrogens is 544 g/mol. The highest BCUT2D eigenvalue weighted by atomic mass is 28.3. The summed E-state index contributed by atoms with van der Waals surface area (Å²) in [5.41, 5.74) is 2.51. The van der Waals surface area contributed by atoms with Gasteiger partial charge >= 0.3 is 0 Å². The lowest BCUT2D eigenvalue weighted by molar-refractivity contribution is -0.135. The predicted molar refractivity (Wildman–Crippen MR) is 169 cm³/mol. The van der Waals surface area contributed by atoms with Crippen LogP contribution in [0.5, 0.6) is 5.75 Å². The molecule has 2 amide bonds. The zero-order chi connectivity index (χ0) is 29.9. The molecule has 0 radical (unpaired) electrons. The summed E-state index contributed by atoms with van der Waals surface area (Å²) in [5.74, 6) is 1.49. The number of amides is 2. The molecule has 0 aromatic heterocycles. The lowest BCUT2D eigenvalue weighted by atomic mass is 9.95. The first kappa shape index (κ1) is 30.8. The number of aryl methyl sites for hydroxylation is 1. The summed E-state index contributed by atoms with van der Waals surface area (Å²) < 4.78 is 12.3. The average Bonchev–Trinajstić information content (AvgIpc) is 3.61. The molecule has 3 saturated heterocycles. The molecule has 3 aliphatic rings. The molecule has 0 bridgehead atoms. The van der Waals surface area contributed by atoms with E-state index in [0.717, 1.165) is 63.1 Å². The van der Waals surface area contributed by atoms with Gasteiger partial charge in [-0.2, -0.15) is 0 Å². The number of methoxy groups -OCH3 is 1. The van der Waals surface area contributed by atoms with Crippen molar-refractivity contribution in [1.82, 2.24) is 4.90 Å². The van der Waals surface area contributed by atoms with Crippen LogP contribution in [0.3, 0.4) is 0 Å². The third kappa shape index (κ3) is 6.46. The Hall–Kier alpha value is -2.68. The quantitative estimate of drug-likeness (QED) is 0.397. The van der Waals surface area contributed by atoms with Crippen LogP contribution in [-0.4, -0.2) is 75.0 Å². The molecule has 0 spiro atoms. The molecule has 3 aliphatic heterocycles. The summed E-state index contributed by atoms with van der Waals surface area (Å²) in [5, 5.41) is 11.2. The van der Waals surface area contributed by atoms with Gasteiger partial charge in [-0.25, -0.2) is 0 Å². The molecule has 5 rings (SSSR count). The minimum Gasteiger partial charge on any atom is -0.497 e. The van der Waals surface area contributed by atoms with E-state index in [1.807, 2.05) is 21.9 Å². The van der Waals surface area contributed by atoms with Gasteiger partial charge in [0, 0.05) is 25.2 Å². The van der Waals surface area contributed by atoms with Crippen molar-refractivity contribution in [2.24, 2.45) is 5.92 Å². The molecule has 3 fully saturated rings. The zero-order valence-electron chi connectivity index (χ0n) is 25.8. The van der Waals surface area contributed by atoms with Crippen LogP contribution in [0.15, 0.2) is 48.5 Å². The highest BCUT2D eigenvalue weighted by Gasteiger charge is 2.51. The molecular formula is C34H48N2O5Si. The van der Waals surface area contributed by atoms with E-state index in [-0.39, 0.29) is 42.2 Å². The van der Waals surface area contributed by atoms with E-state index in [1.54, 1.807) is 7.11 Å². The number of carbonyl (C=O) groups is 2. The number of rotatable bonds is 10. The van der Waals surface area contributed by atoms with E-state index in [4.69, 9.17) is 9.47 Å². The van der Waals surface area contributed by atoms with Crippen LogP contribution in [-0.2, 0) is 20.7 Å². The maximum atomic E-state index is 13.5. The third-order valence-corrected chi connectivity index (χ3v) is 14.5. The summed E-state index contributed by atoms with van der Waals surface area (Å²) in [6.45, 7) is 8.68. The number of carbonyl (C=O) groups excluding carboxylic acids is 2. The molecule has 0 unspecified atom stereocenters. The Morgan fingerprint density at radius 1 is 1.02 bits per heavy atom. The standard InChI is InChI=1S/C34H48N2O5Si/c1-24-30(19-12-25-10-13-26(14-11-25)35-20-6-5-9-32(35)38)41-31(22-33(39)36-21-7-8-27(36)23-37)34(24)42(3,4)29-17-15-28(40-2)16-18-29/h10-11,13-18,24,27,30-31,34,37H,5-9,12,19-23H2,1-4H3/t24-,27+,30+,31-,34+/m1/s1. The number of ether oxygens (including phenoxy) is 2. The summed E-state index contributed by atoms with van der Waals surface area (Å²) in [4.78, 5) is 29.7. The SMILES string of the molecule is COc1ccc([Si](C)(C)[C@H]2[C@H](C)[C@H](CCc3ccc(N4CCCCC4=O)cc3)O[C@@H]2CC(=O)N2CCC[C@H]2CO)cc1. The summed E-state index contributed by atoms with van der Waals surface area (Å²) in [6.07, 6.45) is 6.56. The molecule has 8 heteroatoms. The molecule has 7 nitrogen and oxygen atoms in total. The van der Waals surface area contributed by atoms with Crippen molar-refractivity contribution >= 4 is 30.8 Å². The number of hydrogen-bond acceptors (Lipinski definition) is 5. The van der Waals surface area contributed by atoms with Crippen molar-refractivity contribution in [3.05, 3.63) is 54.1 Å². The van der Waals surface area contributed by atoms with E-state index < -0.39 is 8.07 Å². The molecule has 3 heterocycles.